The molecule has 0 radical (unpaired) electrons. The van der Waals surface area contributed by atoms with E-state index in [4.69, 9.17) is 0 Å². The van der Waals surface area contributed by atoms with Gasteiger partial charge in [-0.2, -0.15) is 0 Å². The van der Waals surface area contributed by atoms with Gasteiger partial charge in [-0.3, -0.25) is 0 Å². The molecule has 0 bridgehead atoms. The molecule has 2 atom stereocenters. The molecule has 0 amide bonds. The molecule has 2 unspecified atom stereocenters. The summed E-state index contributed by atoms with van der Waals surface area (Å²) in [4.78, 5) is 51.7. The number of hydrogen-bond acceptors (Lipinski definition) is 10. The van der Waals surface area contributed by atoms with E-state index in [-0.39, 0.29) is 55.1 Å². The van der Waals surface area contributed by atoms with Crippen LogP contribution in [0.15, 0.2) is 0 Å². The quantitative estimate of drug-likeness (QED) is 0.245. The van der Waals surface area contributed by atoms with Crippen molar-refractivity contribution in [1.29, 1.82) is 0 Å². The van der Waals surface area contributed by atoms with Crippen LogP contribution in [0, 0.1) is 0 Å². The van der Waals surface area contributed by atoms with Gasteiger partial charge in [-0.05, 0) is 62.6 Å². The average Bonchev–Trinajstić information content (AvgIpc) is 2.74. The molecule has 0 aromatic carbocycles. The van der Waals surface area contributed by atoms with Gasteiger partial charge < -0.3 is 47.3 Å². The van der Waals surface area contributed by atoms with Gasteiger partial charge in [-0.1, -0.05) is 68.2 Å². The average molecular weight is 673 g/mol. The molecule has 0 heterocycles. The van der Waals surface area contributed by atoms with Crippen LogP contribution in [0.3, 0.4) is 0 Å². The SMILES string of the molecule is CCCP(C)(=O)[O-].CCCP(C)(=O)[O-].CCP(=O)([O-])CC.CCP(=O)([O-])CC.CCP(=O)([O-])CC.[Al+3].[Ca+2]. The third kappa shape index (κ3) is 63.3. The Hall–Kier alpha value is 2.74. The molecule has 0 spiro atoms. The second kappa shape index (κ2) is 30.2. The van der Waals surface area contributed by atoms with E-state index < -0.39 is 36.8 Å². The van der Waals surface area contributed by atoms with E-state index in [1.807, 2.05) is 13.8 Å². The van der Waals surface area contributed by atoms with Crippen molar-refractivity contribution < 1.29 is 47.3 Å². The maximum atomic E-state index is 10.4. The summed E-state index contributed by atoms with van der Waals surface area (Å²) in [7, 11) is -14.5. The summed E-state index contributed by atoms with van der Waals surface area (Å²) in [5, 5.41) is 0. The smallest absolute Gasteiger partial charge is 0.799 e. The topological polar surface area (TPSA) is 201 Å². The van der Waals surface area contributed by atoms with E-state index in [9.17, 15) is 47.3 Å². The van der Waals surface area contributed by atoms with Gasteiger partial charge in [0.2, 0.25) is 0 Å². The van der Waals surface area contributed by atoms with E-state index in [1.54, 1.807) is 41.5 Å². The van der Waals surface area contributed by atoms with Gasteiger partial charge in [0, 0.05) is 36.8 Å². The largest absolute Gasteiger partial charge is 3.00 e. The van der Waals surface area contributed by atoms with Gasteiger partial charge in [0.15, 0.2) is 0 Å². The Bertz CT molecular complexity index is 623. The van der Waals surface area contributed by atoms with E-state index in [1.165, 1.54) is 13.3 Å². The molecule has 0 aliphatic rings. The molecule has 0 rings (SSSR count). The molecular formula is C20H50AlCaO10P5. The Morgan fingerprint density at radius 1 is 0.432 bits per heavy atom. The van der Waals surface area contributed by atoms with E-state index in [0.29, 0.717) is 49.3 Å². The van der Waals surface area contributed by atoms with Crippen LogP contribution in [0.4, 0.5) is 0 Å². The Kier molecular flexibility index (Phi) is 45.4. The standard InChI is InChI=1S/5C4H11O2P.Al.Ca/c2*1-3-4-7(2,5)6;3*1-3-7(5,6)4-2;;/h5*3-4H2,1-2H3,(H,5,6);;/q;;;;;+3;+2/p-5. The molecule has 0 N–H and O–H groups in total. The molecule has 0 aliphatic heterocycles. The second-order valence-electron chi connectivity index (χ2n) is 7.82. The van der Waals surface area contributed by atoms with E-state index in [2.05, 4.69) is 0 Å². The first-order valence-electron chi connectivity index (χ1n) is 11.9. The van der Waals surface area contributed by atoms with Crippen molar-refractivity contribution in [3.63, 3.8) is 0 Å². The van der Waals surface area contributed by atoms with Crippen molar-refractivity contribution in [2.75, 3.05) is 62.6 Å². The third-order valence-electron chi connectivity index (χ3n) is 4.15. The summed E-state index contributed by atoms with van der Waals surface area (Å²) in [6.45, 7) is 16.2. The fourth-order valence-corrected chi connectivity index (χ4v) is 4.45. The van der Waals surface area contributed by atoms with Crippen molar-refractivity contribution >= 4 is 91.9 Å². The summed E-state index contributed by atoms with van der Waals surface area (Å²) in [6.07, 6.45) is 3.92. The third-order valence-corrected chi connectivity index (χ3v) is 12.5. The van der Waals surface area contributed by atoms with Gasteiger partial charge in [0.25, 0.3) is 0 Å². The maximum absolute atomic E-state index is 10.4. The Morgan fingerprint density at radius 2 is 0.568 bits per heavy atom. The van der Waals surface area contributed by atoms with E-state index in [0.717, 1.165) is 12.8 Å². The molecule has 0 fully saturated rings. The normalized spacial score (nSPS) is 13.8. The van der Waals surface area contributed by atoms with Crippen LogP contribution in [-0.4, -0.2) is 118 Å². The van der Waals surface area contributed by atoms with Crippen molar-refractivity contribution in [3.8, 4) is 0 Å². The zero-order chi connectivity index (χ0) is 29.6. The molecule has 0 aliphatic carbocycles. The molecule has 17 heteroatoms. The van der Waals surface area contributed by atoms with Gasteiger partial charge in [-0.25, -0.2) is 0 Å². The monoisotopic (exact) mass is 672 g/mol. The Balaban J connectivity index is -0.0000000600. The molecule has 220 valence electrons. The van der Waals surface area contributed by atoms with Crippen molar-refractivity contribution in [2.45, 2.75) is 68.2 Å². The fraction of sp³-hybridized carbons (Fsp3) is 1.00. The van der Waals surface area contributed by atoms with Gasteiger partial charge in [-0.15, -0.1) is 0 Å². The molecule has 0 aromatic rings. The summed E-state index contributed by atoms with van der Waals surface area (Å²) < 4.78 is 51.7. The van der Waals surface area contributed by atoms with Crippen LogP contribution in [0.2, 0.25) is 0 Å². The van der Waals surface area contributed by atoms with Crippen molar-refractivity contribution in [1.82, 2.24) is 0 Å². The van der Waals surface area contributed by atoms with Crippen LogP contribution in [-0.2, 0) is 22.8 Å². The Labute approximate surface area is 268 Å². The maximum Gasteiger partial charge on any atom is 3.00 e. The zero-order valence-corrected chi connectivity index (χ0v) is 32.5. The summed E-state index contributed by atoms with van der Waals surface area (Å²) >= 11 is 0. The fourth-order valence-electron chi connectivity index (χ4n) is 1.48. The number of hydrogen-bond donors (Lipinski definition) is 0. The van der Waals surface area contributed by atoms with Crippen LogP contribution in [0.5, 0.6) is 0 Å². The summed E-state index contributed by atoms with van der Waals surface area (Å²) in [5.41, 5.74) is 0. The summed E-state index contributed by atoms with van der Waals surface area (Å²) in [5.74, 6) is 0. The second-order valence-corrected chi connectivity index (χ2v) is 21.4. The Morgan fingerprint density at radius 3 is 0.568 bits per heavy atom. The van der Waals surface area contributed by atoms with Gasteiger partial charge >= 0.3 is 55.1 Å². The van der Waals surface area contributed by atoms with Crippen LogP contribution in [0.1, 0.15) is 68.2 Å². The van der Waals surface area contributed by atoms with Crippen LogP contribution < -0.4 is 24.5 Å². The molecule has 10 nitrogen and oxygen atoms in total. The molecule has 0 aromatic heterocycles. The molecular weight excluding hydrogens is 622 g/mol. The molecule has 0 saturated carbocycles. The first kappa shape index (κ1) is 55.6. The molecule has 37 heavy (non-hydrogen) atoms. The minimum atomic E-state index is -2.92. The predicted molar refractivity (Wildman–Crippen MR) is 155 cm³/mol. The van der Waals surface area contributed by atoms with Gasteiger partial charge in [0.05, 0.1) is 0 Å². The van der Waals surface area contributed by atoms with Crippen molar-refractivity contribution in [2.24, 2.45) is 0 Å². The van der Waals surface area contributed by atoms with Crippen molar-refractivity contribution in [3.05, 3.63) is 0 Å². The minimum absolute atomic E-state index is 0. The minimum Gasteiger partial charge on any atom is -0.799 e. The first-order chi connectivity index (χ1) is 15.5. The first-order valence-corrected chi connectivity index (χ1v) is 22.4. The van der Waals surface area contributed by atoms with E-state index >= 15 is 0 Å². The number of rotatable bonds is 10. The summed E-state index contributed by atoms with van der Waals surface area (Å²) in [6, 6.07) is 0. The van der Waals surface area contributed by atoms with Crippen LogP contribution >= 0.6 is 36.8 Å². The molecule has 0 saturated heterocycles. The van der Waals surface area contributed by atoms with Crippen LogP contribution in [0.25, 0.3) is 0 Å². The van der Waals surface area contributed by atoms with Gasteiger partial charge in [0.1, 0.15) is 0 Å². The predicted octanol–water partition coefficient (Wildman–Crippen LogP) is 2.56. The zero-order valence-electron chi connectivity index (χ0n) is 24.7.